The lowest BCUT2D eigenvalue weighted by atomic mass is 10.1. The monoisotopic (exact) mass is 410 g/mol. The average Bonchev–Trinajstić information content (AvgIpc) is 2.71. The summed E-state index contributed by atoms with van der Waals surface area (Å²) >= 11 is 0. The fourth-order valence-corrected chi connectivity index (χ4v) is 2.99. The normalized spacial score (nSPS) is 10.8. The number of nitro groups is 2. The summed E-state index contributed by atoms with van der Waals surface area (Å²) in [4.78, 5) is 27.1. The lowest BCUT2D eigenvalue weighted by molar-refractivity contribution is -0.385. The van der Waals surface area contributed by atoms with E-state index in [0.717, 1.165) is 0 Å². The number of hydrogen-bond acceptors (Lipinski definition) is 8. The molecule has 30 heavy (non-hydrogen) atoms. The predicted molar refractivity (Wildman–Crippen MR) is 107 cm³/mol. The van der Waals surface area contributed by atoms with Crippen molar-refractivity contribution in [2.45, 2.75) is 19.6 Å². The van der Waals surface area contributed by atoms with Crippen molar-refractivity contribution in [1.29, 1.82) is 0 Å². The number of hydrogen-bond donors (Lipinski definition) is 2. The van der Waals surface area contributed by atoms with Crippen LogP contribution < -0.4 is 0 Å². The highest BCUT2D eigenvalue weighted by atomic mass is 16.6. The molecule has 0 bridgehead atoms. The van der Waals surface area contributed by atoms with Crippen LogP contribution >= 0.6 is 0 Å². The largest absolute Gasteiger partial charge is 0.508 e. The smallest absolute Gasteiger partial charge is 0.270 e. The molecule has 154 valence electrons. The second-order valence-corrected chi connectivity index (χ2v) is 6.61. The Kier molecular flexibility index (Phi) is 6.18. The molecule has 1 heterocycles. The molecule has 0 saturated heterocycles. The van der Waals surface area contributed by atoms with Gasteiger partial charge in [0.05, 0.1) is 15.5 Å². The van der Waals surface area contributed by atoms with Crippen LogP contribution in [0.2, 0.25) is 0 Å². The lowest BCUT2D eigenvalue weighted by Crippen LogP contribution is -2.23. The molecule has 0 saturated carbocycles. The van der Waals surface area contributed by atoms with Gasteiger partial charge in [-0.3, -0.25) is 30.1 Å². The van der Waals surface area contributed by atoms with E-state index in [1.165, 1.54) is 36.4 Å². The van der Waals surface area contributed by atoms with Gasteiger partial charge < -0.3 is 10.2 Å². The summed E-state index contributed by atoms with van der Waals surface area (Å²) < 4.78 is 0. The summed E-state index contributed by atoms with van der Waals surface area (Å²) in [6, 6.07) is 12.8. The molecule has 10 nitrogen and oxygen atoms in total. The molecule has 3 aromatic rings. The number of aromatic nitrogens is 1. The fourth-order valence-electron chi connectivity index (χ4n) is 2.99. The predicted octanol–water partition coefficient (Wildman–Crippen LogP) is 3.51. The Hall–Kier alpha value is -4.05. The number of phenolic OH excluding ortho intramolecular Hbond substituents is 2. The van der Waals surface area contributed by atoms with Crippen molar-refractivity contribution in [3.8, 4) is 11.5 Å². The van der Waals surface area contributed by atoms with Crippen molar-refractivity contribution >= 4 is 11.4 Å². The van der Waals surface area contributed by atoms with Gasteiger partial charge in [-0.05, 0) is 24.3 Å². The number of aromatic hydroxyl groups is 2. The second-order valence-electron chi connectivity index (χ2n) is 6.61. The van der Waals surface area contributed by atoms with Gasteiger partial charge in [-0.25, -0.2) is 0 Å². The van der Waals surface area contributed by atoms with Crippen LogP contribution in [0.1, 0.15) is 16.8 Å². The van der Waals surface area contributed by atoms with Crippen LogP contribution in [0, 0.1) is 20.2 Å². The van der Waals surface area contributed by atoms with Crippen LogP contribution in [0.15, 0.2) is 60.8 Å². The number of pyridine rings is 1. The van der Waals surface area contributed by atoms with Gasteiger partial charge in [-0.1, -0.05) is 6.07 Å². The molecule has 3 rings (SSSR count). The maximum absolute atomic E-state index is 11.1. The van der Waals surface area contributed by atoms with E-state index in [1.54, 1.807) is 29.3 Å². The molecular formula is C20H18N4O6. The van der Waals surface area contributed by atoms with Gasteiger partial charge in [0.2, 0.25) is 0 Å². The van der Waals surface area contributed by atoms with Gasteiger partial charge in [0, 0.05) is 61.2 Å². The molecule has 2 N–H and O–H groups in total. The number of non-ortho nitro benzene ring substituents is 2. The lowest BCUT2D eigenvalue weighted by Gasteiger charge is -2.23. The quantitative estimate of drug-likeness (QED) is 0.424. The summed E-state index contributed by atoms with van der Waals surface area (Å²) in [6.45, 7) is 0.462. The summed E-state index contributed by atoms with van der Waals surface area (Å²) in [6.07, 6.45) is 1.61. The van der Waals surface area contributed by atoms with E-state index >= 15 is 0 Å². The Labute approximate surface area is 171 Å². The van der Waals surface area contributed by atoms with E-state index < -0.39 is 9.85 Å². The number of nitrogens with zero attached hydrogens (tertiary/aromatic N) is 4. The number of rotatable bonds is 8. The Morgan fingerprint density at radius 1 is 0.800 bits per heavy atom. The molecule has 0 aliphatic heterocycles. The maximum atomic E-state index is 11.1. The van der Waals surface area contributed by atoms with E-state index in [4.69, 9.17) is 0 Å². The van der Waals surface area contributed by atoms with E-state index in [-0.39, 0.29) is 42.5 Å². The molecule has 0 atom stereocenters. The molecule has 10 heteroatoms. The van der Waals surface area contributed by atoms with E-state index in [0.29, 0.717) is 16.8 Å². The number of benzene rings is 2. The highest BCUT2D eigenvalue weighted by molar-refractivity contribution is 5.44. The molecule has 2 aromatic carbocycles. The summed E-state index contributed by atoms with van der Waals surface area (Å²) in [5, 5.41) is 42.5. The third-order valence-corrected chi connectivity index (χ3v) is 4.45. The molecule has 0 spiro atoms. The Morgan fingerprint density at radius 2 is 1.33 bits per heavy atom. The van der Waals surface area contributed by atoms with Gasteiger partial charge >= 0.3 is 0 Å². The van der Waals surface area contributed by atoms with E-state index in [1.807, 2.05) is 0 Å². The van der Waals surface area contributed by atoms with Crippen molar-refractivity contribution in [3.63, 3.8) is 0 Å². The number of nitro benzene ring substituents is 2. The molecule has 0 amide bonds. The van der Waals surface area contributed by atoms with Gasteiger partial charge in [-0.15, -0.1) is 0 Å². The SMILES string of the molecule is O=[N+]([O-])c1ccc(O)c(CN(Cc2ccccn2)Cc2cc([N+](=O)[O-])ccc2O)c1. The first-order chi connectivity index (χ1) is 14.3. The van der Waals surface area contributed by atoms with Crippen LogP contribution in [-0.4, -0.2) is 29.9 Å². The molecular weight excluding hydrogens is 392 g/mol. The van der Waals surface area contributed by atoms with Gasteiger partial charge in [-0.2, -0.15) is 0 Å². The number of phenols is 2. The summed E-state index contributed by atoms with van der Waals surface area (Å²) in [5.41, 5.74) is 0.972. The maximum Gasteiger partial charge on any atom is 0.270 e. The zero-order chi connectivity index (χ0) is 21.7. The highest BCUT2D eigenvalue weighted by Gasteiger charge is 2.18. The Morgan fingerprint density at radius 3 is 1.77 bits per heavy atom. The first-order valence-electron chi connectivity index (χ1n) is 8.88. The molecule has 1 aromatic heterocycles. The molecule has 0 unspecified atom stereocenters. The van der Waals surface area contributed by atoms with Crippen LogP contribution in [0.25, 0.3) is 0 Å². The van der Waals surface area contributed by atoms with Gasteiger partial charge in [0.1, 0.15) is 11.5 Å². The average molecular weight is 410 g/mol. The zero-order valence-electron chi connectivity index (χ0n) is 15.7. The minimum Gasteiger partial charge on any atom is -0.508 e. The third-order valence-electron chi connectivity index (χ3n) is 4.45. The molecule has 0 fully saturated rings. The van der Waals surface area contributed by atoms with Crippen molar-refractivity contribution in [3.05, 3.63) is 97.8 Å². The molecule has 0 aliphatic carbocycles. The first-order valence-corrected chi connectivity index (χ1v) is 8.88. The van der Waals surface area contributed by atoms with Crippen molar-refractivity contribution in [2.24, 2.45) is 0 Å². The van der Waals surface area contributed by atoms with Crippen LogP contribution in [-0.2, 0) is 19.6 Å². The van der Waals surface area contributed by atoms with Crippen molar-refractivity contribution in [2.75, 3.05) is 0 Å². The first kappa shape index (κ1) is 20.7. The Balaban J connectivity index is 1.94. The van der Waals surface area contributed by atoms with Crippen molar-refractivity contribution in [1.82, 2.24) is 9.88 Å². The minimum absolute atomic E-state index is 0.0895. The van der Waals surface area contributed by atoms with E-state index in [9.17, 15) is 30.4 Å². The molecule has 0 aliphatic rings. The second kappa shape index (κ2) is 8.97. The van der Waals surface area contributed by atoms with Crippen LogP contribution in [0.4, 0.5) is 11.4 Å². The zero-order valence-corrected chi connectivity index (χ0v) is 15.7. The highest BCUT2D eigenvalue weighted by Crippen LogP contribution is 2.28. The standard InChI is InChI=1S/C20H18N4O6/c25-19-6-4-17(23(27)28)9-14(19)11-22(13-16-3-1-2-8-21-16)12-15-10-18(24(29)30)5-7-20(15)26/h1-10,25-26H,11-13H2. The van der Waals surface area contributed by atoms with E-state index in [2.05, 4.69) is 4.98 Å². The van der Waals surface area contributed by atoms with Crippen LogP contribution in [0.3, 0.4) is 0 Å². The van der Waals surface area contributed by atoms with Gasteiger partial charge in [0.25, 0.3) is 11.4 Å². The fraction of sp³-hybridized carbons (Fsp3) is 0.150. The third kappa shape index (κ3) is 5.06. The molecule has 0 radical (unpaired) electrons. The summed E-state index contributed by atoms with van der Waals surface area (Å²) in [5.74, 6) is -0.232. The topological polar surface area (TPSA) is 143 Å². The van der Waals surface area contributed by atoms with Crippen LogP contribution in [0.5, 0.6) is 11.5 Å². The minimum atomic E-state index is -0.557. The van der Waals surface area contributed by atoms with Crippen molar-refractivity contribution < 1.29 is 20.1 Å². The Bertz CT molecular complexity index is 1010. The summed E-state index contributed by atoms with van der Waals surface area (Å²) in [7, 11) is 0. The van der Waals surface area contributed by atoms with Gasteiger partial charge in [0.15, 0.2) is 0 Å².